The Balaban J connectivity index is 1.49. The first kappa shape index (κ1) is 24.6. The Labute approximate surface area is 197 Å². The zero-order valence-corrected chi connectivity index (χ0v) is 18.7. The molecule has 34 heavy (non-hydrogen) atoms. The van der Waals surface area contributed by atoms with E-state index in [1.165, 1.54) is 60.7 Å². The lowest BCUT2D eigenvalue weighted by molar-refractivity contribution is -0.384. The van der Waals surface area contributed by atoms with Crippen LogP contribution in [-0.4, -0.2) is 31.4 Å². The van der Waals surface area contributed by atoms with Crippen LogP contribution in [0.4, 0.5) is 11.4 Å². The third-order valence-electron chi connectivity index (χ3n) is 4.14. The summed E-state index contributed by atoms with van der Waals surface area (Å²) in [7, 11) is -3.77. The highest BCUT2D eigenvalue weighted by atomic mass is 35.5. The van der Waals surface area contributed by atoms with Crippen LogP contribution in [0.5, 0.6) is 0 Å². The molecular weight excluding hydrogens is 490 g/mol. The number of amides is 2. The van der Waals surface area contributed by atoms with Crippen molar-refractivity contribution in [1.82, 2.24) is 10.1 Å². The summed E-state index contributed by atoms with van der Waals surface area (Å²) in [6.07, 6.45) is 1.12. The van der Waals surface area contributed by atoms with Crippen LogP contribution in [0.2, 0.25) is 5.02 Å². The number of hydrazone groups is 1. The second kappa shape index (κ2) is 10.7. The highest BCUT2D eigenvalue weighted by Crippen LogP contribution is 2.16. The number of halogens is 1. The molecule has 14 heteroatoms. The van der Waals surface area contributed by atoms with Gasteiger partial charge in [-0.15, -0.1) is 0 Å². The van der Waals surface area contributed by atoms with Gasteiger partial charge in [0, 0.05) is 22.8 Å². The maximum Gasteiger partial charge on any atom is 0.329 e. The van der Waals surface area contributed by atoms with Crippen molar-refractivity contribution in [3.63, 3.8) is 0 Å². The Morgan fingerprint density at radius 2 is 1.71 bits per heavy atom. The predicted molar refractivity (Wildman–Crippen MR) is 122 cm³/mol. The molecule has 3 rings (SSSR count). The summed E-state index contributed by atoms with van der Waals surface area (Å²) in [5.74, 6) is -1.65. The first-order valence-electron chi connectivity index (χ1n) is 9.37. The molecule has 0 bridgehead atoms. The average Bonchev–Trinajstić information content (AvgIpc) is 3.26. The van der Waals surface area contributed by atoms with Gasteiger partial charge >= 0.3 is 11.8 Å². The molecule has 3 N–H and O–H groups in total. The Bertz CT molecular complexity index is 1340. The van der Waals surface area contributed by atoms with Crippen molar-refractivity contribution < 1.29 is 27.3 Å². The molecule has 0 atom stereocenters. The van der Waals surface area contributed by atoms with Crippen LogP contribution in [-0.2, 0) is 26.2 Å². The SMILES string of the molecule is O=C(N/N=C/c1ccc(CNS(=O)(=O)c2ccc(Cl)cc2)o1)C(=O)Nc1ccc([N+](=O)[O-])cc1. The van der Waals surface area contributed by atoms with Crippen molar-refractivity contribution in [2.45, 2.75) is 11.4 Å². The second-order valence-electron chi connectivity index (χ2n) is 6.54. The normalized spacial score (nSPS) is 11.3. The summed E-state index contributed by atoms with van der Waals surface area (Å²) in [4.78, 5) is 33.8. The van der Waals surface area contributed by atoms with E-state index in [1.54, 1.807) is 0 Å². The number of hydrogen-bond acceptors (Lipinski definition) is 8. The minimum absolute atomic E-state index is 0.0416. The molecule has 1 aromatic heterocycles. The summed E-state index contributed by atoms with van der Waals surface area (Å²) >= 11 is 5.76. The summed E-state index contributed by atoms with van der Waals surface area (Å²) in [5.41, 5.74) is 2.02. The first-order valence-corrected chi connectivity index (χ1v) is 11.2. The van der Waals surface area contributed by atoms with Gasteiger partial charge in [-0.1, -0.05) is 11.6 Å². The van der Waals surface area contributed by atoms with Crippen molar-refractivity contribution in [2.24, 2.45) is 5.10 Å². The molecule has 3 aromatic rings. The van der Waals surface area contributed by atoms with Gasteiger partial charge in [0.25, 0.3) is 5.69 Å². The quantitative estimate of drug-likeness (QED) is 0.182. The maximum absolute atomic E-state index is 12.3. The average molecular weight is 506 g/mol. The van der Waals surface area contributed by atoms with Crippen LogP contribution in [0.15, 0.2) is 75.1 Å². The molecule has 176 valence electrons. The number of carbonyl (C=O) groups excluding carboxylic acids is 2. The molecule has 0 spiro atoms. The van der Waals surface area contributed by atoms with Gasteiger partial charge in [-0.2, -0.15) is 5.10 Å². The zero-order chi connectivity index (χ0) is 24.7. The van der Waals surface area contributed by atoms with E-state index in [4.69, 9.17) is 16.0 Å². The van der Waals surface area contributed by atoms with Gasteiger partial charge in [-0.3, -0.25) is 19.7 Å². The monoisotopic (exact) mass is 505 g/mol. The first-order chi connectivity index (χ1) is 16.1. The number of nitro groups is 1. The largest absolute Gasteiger partial charge is 0.459 e. The number of furan rings is 1. The molecular formula is C20H16ClN5O7S. The number of nitro benzene ring substituents is 1. The molecule has 0 aliphatic rings. The summed E-state index contributed by atoms with van der Waals surface area (Å²) < 4.78 is 32.3. The highest BCUT2D eigenvalue weighted by molar-refractivity contribution is 7.89. The van der Waals surface area contributed by atoms with E-state index in [0.717, 1.165) is 6.21 Å². The molecule has 2 amide bonds. The van der Waals surface area contributed by atoms with E-state index in [-0.39, 0.29) is 34.3 Å². The molecule has 0 aliphatic heterocycles. The Morgan fingerprint density at radius 3 is 2.35 bits per heavy atom. The van der Waals surface area contributed by atoms with Crippen molar-refractivity contribution in [3.8, 4) is 0 Å². The summed E-state index contributed by atoms with van der Waals surface area (Å²) in [6.45, 7) is -0.136. The number of nitrogens with zero attached hydrogens (tertiary/aromatic N) is 2. The van der Waals surface area contributed by atoms with Gasteiger partial charge < -0.3 is 9.73 Å². The molecule has 0 fully saturated rings. The van der Waals surface area contributed by atoms with Gasteiger partial charge in [-0.05, 0) is 48.5 Å². The number of non-ortho nitro benzene ring substituents is 1. The van der Waals surface area contributed by atoms with Crippen LogP contribution in [0.1, 0.15) is 11.5 Å². The molecule has 1 heterocycles. The van der Waals surface area contributed by atoms with Crippen molar-refractivity contribution in [3.05, 3.63) is 87.3 Å². The number of carbonyl (C=O) groups is 2. The second-order valence-corrected chi connectivity index (χ2v) is 8.74. The third kappa shape index (κ3) is 6.71. The van der Waals surface area contributed by atoms with Crippen LogP contribution in [0.25, 0.3) is 0 Å². The molecule has 0 radical (unpaired) electrons. The van der Waals surface area contributed by atoms with Crippen LogP contribution in [0, 0.1) is 10.1 Å². The lowest BCUT2D eigenvalue weighted by atomic mass is 10.3. The number of hydrogen-bond donors (Lipinski definition) is 3. The van der Waals surface area contributed by atoms with Gasteiger partial charge in [0.15, 0.2) is 0 Å². The Morgan fingerprint density at radius 1 is 1.03 bits per heavy atom. The Hall–Kier alpha value is -4.07. The minimum atomic E-state index is -3.77. The molecule has 12 nitrogen and oxygen atoms in total. The van der Waals surface area contributed by atoms with Gasteiger partial charge in [0.1, 0.15) is 11.5 Å². The fourth-order valence-corrected chi connectivity index (χ4v) is 3.60. The van der Waals surface area contributed by atoms with Crippen LogP contribution >= 0.6 is 11.6 Å². The number of sulfonamides is 1. The van der Waals surface area contributed by atoms with Gasteiger partial charge in [0.05, 0.1) is 22.6 Å². The molecule has 2 aromatic carbocycles. The van der Waals surface area contributed by atoms with E-state index >= 15 is 0 Å². The maximum atomic E-state index is 12.3. The predicted octanol–water partition coefficient (Wildman–Crippen LogP) is 2.41. The summed E-state index contributed by atoms with van der Waals surface area (Å²) in [6, 6.07) is 13.5. The van der Waals surface area contributed by atoms with Crippen LogP contribution < -0.4 is 15.5 Å². The number of benzene rings is 2. The van der Waals surface area contributed by atoms with Crippen molar-refractivity contribution in [1.29, 1.82) is 0 Å². The van der Waals surface area contributed by atoms with Gasteiger partial charge in [0.2, 0.25) is 10.0 Å². The van der Waals surface area contributed by atoms with E-state index in [1.807, 2.05) is 5.43 Å². The van der Waals surface area contributed by atoms with E-state index in [2.05, 4.69) is 15.1 Å². The molecule has 0 saturated heterocycles. The van der Waals surface area contributed by atoms with Crippen LogP contribution in [0.3, 0.4) is 0 Å². The topological polar surface area (TPSA) is 173 Å². The van der Waals surface area contributed by atoms with Crippen molar-refractivity contribution in [2.75, 3.05) is 5.32 Å². The number of nitrogens with one attached hydrogen (secondary N) is 3. The molecule has 0 aliphatic carbocycles. The van der Waals surface area contributed by atoms with E-state index < -0.39 is 26.8 Å². The Kier molecular flexibility index (Phi) is 7.73. The van der Waals surface area contributed by atoms with Crippen molar-refractivity contribution >= 4 is 51.0 Å². The minimum Gasteiger partial charge on any atom is -0.459 e. The highest BCUT2D eigenvalue weighted by Gasteiger charge is 2.15. The lowest BCUT2D eigenvalue weighted by Crippen LogP contribution is -2.32. The molecule has 0 saturated carbocycles. The lowest BCUT2D eigenvalue weighted by Gasteiger charge is -2.05. The number of rotatable bonds is 8. The standard InChI is InChI=1S/C20H16ClN5O7S/c21-13-1-9-18(10-2-13)34(31,32)23-12-17-8-7-16(33-17)11-22-25-20(28)19(27)24-14-3-5-15(6-4-14)26(29)30/h1-11,23H,12H2,(H,24,27)(H,25,28)/b22-11+. The fraction of sp³-hybridized carbons (Fsp3) is 0.0500. The smallest absolute Gasteiger partial charge is 0.329 e. The van der Waals surface area contributed by atoms with E-state index in [9.17, 15) is 28.1 Å². The fourth-order valence-electron chi connectivity index (χ4n) is 2.48. The molecule has 0 unspecified atom stereocenters. The van der Waals surface area contributed by atoms with Gasteiger partial charge in [-0.25, -0.2) is 18.6 Å². The zero-order valence-electron chi connectivity index (χ0n) is 17.1. The third-order valence-corrected chi connectivity index (χ3v) is 5.81. The number of anilines is 1. The van der Waals surface area contributed by atoms with E-state index in [0.29, 0.717) is 5.02 Å². The summed E-state index contributed by atoms with van der Waals surface area (Å²) in [5, 5.41) is 16.9.